The number of anilines is 2. The van der Waals surface area contributed by atoms with E-state index in [1.807, 2.05) is 38.7 Å². The number of H-pyrrole nitrogens is 1. The molecular weight excluding hydrogens is 408 g/mol. The third kappa shape index (κ3) is 5.34. The van der Waals surface area contributed by atoms with Crippen LogP contribution in [0.25, 0.3) is 0 Å². The quantitative estimate of drug-likeness (QED) is 0.419. The number of aliphatic hydroxyl groups is 1. The van der Waals surface area contributed by atoms with Gasteiger partial charge in [0.25, 0.3) is 11.5 Å². The molecular formula is C23H32N6O3. The molecule has 0 atom stereocenters. The van der Waals surface area contributed by atoms with Gasteiger partial charge in [-0.05, 0) is 58.2 Å². The second-order valence-electron chi connectivity index (χ2n) is 8.58. The summed E-state index contributed by atoms with van der Waals surface area (Å²) >= 11 is 0. The molecule has 172 valence electrons. The SMILES string of the molecule is Cc1cc(C)c(CNC(=O)c2cc(N3CCC(O)CC3)nc(NC(C)C)c2C=N)c(=O)[nH]1. The number of carbonyl (C=O) groups is 1. The van der Waals surface area contributed by atoms with Crippen LogP contribution in [0.4, 0.5) is 11.6 Å². The Morgan fingerprint density at radius 1 is 1.34 bits per heavy atom. The lowest BCUT2D eigenvalue weighted by atomic mass is 10.1. The van der Waals surface area contributed by atoms with Gasteiger partial charge in [0.15, 0.2) is 0 Å². The Balaban J connectivity index is 1.94. The molecule has 0 radical (unpaired) electrons. The highest BCUT2D eigenvalue weighted by Gasteiger charge is 2.23. The van der Waals surface area contributed by atoms with Crippen molar-refractivity contribution in [2.24, 2.45) is 0 Å². The molecule has 1 saturated heterocycles. The highest BCUT2D eigenvalue weighted by atomic mass is 16.3. The molecule has 0 aromatic carbocycles. The first-order valence-corrected chi connectivity index (χ1v) is 10.9. The molecule has 9 heteroatoms. The van der Waals surface area contributed by atoms with Gasteiger partial charge in [-0.2, -0.15) is 0 Å². The van der Waals surface area contributed by atoms with Crippen molar-refractivity contribution in [2.75, 3.05) is 23.3 Å². The Kier molecular flexibility index (Phi) is 7.29. The second kappa shape index (κ2) is 9.95. The summed E-state index contributed by atoms with van der Waals surface area (Å²) in [6.07, 6.45) is 2.08. The lowest BCUT2D eigenvalue weighted by Crippen LogP contribution is -2.37. The van der Waals surface area contributed by atoms with Crippen LogP contribution in [0.2, 0.25) is 0 Å². The number of nitrogens with zero attached hydrogens (tertiary/aromatic N) is 2. The molecule has 2 aromatic heterocycles. The minimum atomic E-state index is -0.379. The molecule has 1 amide bonds. The maximum absolute atomic E-state index is 13.2. The predicted molar refractivity (Wildman–Crippen MR) is 126 cm³/mol. The van der Waals surface area contributed by atoms with Crippen LogP contribution in [0.15, 0.2) is 16.9 Å². The highest BCUT2D eigenvalue weighted by molar-refractivity contribution is 6.05. The summed E-state index contributed by atoms with van der Waals surface area (Å²) in [5, 5.41) is 23.8. The highest BCUT2D eigenvalue weighted by Crippen LogP contribution is 2.26. The van der Waals surface area contributed by atoms with Crippen molar-refractivity contribution in [3.63, 3.8) is 0 Å². The number of rotatable bonds is 7. The molecule has 5 N–H and O–H groups in total. The Morgan fingerprint density at radius 3 is 2.62 bits per heavy atom. The summed E-state index contributed by atoms with van der Waals surface area (Å²) in [5.41, 5.74) is 2.57. The molecule has 3 rings (SSSR count). The summed E-state index contributed by atoms with van der Waals surface area (Å²) in [4.78, 5) is 35.0. The molecule has 9 nitrogen and oxygen atoms in total. The number of amides is 1. The van der Waals surface area contributed by atoms with E-state index in [2.05, 4.69) is 20.6 Å². The minimum Gasteiger partial charge on any atom is -0.393 e. The van der Waals surface area contributed by atoms with E-state index < -0.39 is 0 Å². The van der Waals surface area contributed by atoms with Crippen molar-refractivity contribution in [3.05, 3.63) is 50.4 Å². The zero-order chi connectivity index (χ0) is 23.4. The van der Waals surface area contributed by atoms with Crippen LogP contribution < -0.4 is 21.1 Å². The van der Waals surface area contributed by atoms with Crippen molar-refractivity contribution >= 4 is 23.8 Å². The van der Waals surface area contributed by atoms with Crippen LogP contribution in [0.1, 0.15) is 59.4 Å². The van der Waals surface area contributed by atoms with Crippen molar-refractivity contribution < 1.29 is 9.90 Å². The average molecular weight is 441 g/mol. The van der Waals surface area contributed by atoms with Crippen LogP contribution in [0.3, 0.4) is 0 Å². The third-order valence-corrected chi connectivity index (χ3v) is 5.57. The lowest BCUT2D eigenvalue weighted by molar-refractivity contribution is 0.0950. The van der Waals surface area contributed by atoms with E-state index >= 15 is 0 Å². The van der Waals surface area contributed by atoms with Crippen molar-refractivity contribution in [1.82, 2.24) is 15.3 Å². The standard InChI is InChI=1S/C23H32N6O3/c1-13(2)26-21-18(11-24)17(10-20(28-21)29-7-5-16(30)6-8-29)22(31)25-12-19-14(3)9-15(4)27-23(19)32/h9-11,13,16,24,30H,5-8,12H2,1-4H3,(H,25,31)(H,26,28)(H,27,32). The van der Waals surface area contributed by atoms with Gasteiger partial charge in [-0.3, -0.25) is 9.59 Å². The molecule has 1 aliphatic heterocycles. The molecule has 0 spiro atoms. The topological polar surface area (TPSA) is 134 Å². The summed E-state index contributed by atoms with van der Waals surface area (Å²) in [7, 11) is 0. The number of pyridine rings is 2. The number of nitrogens with one attached hydrogen (secondary N) is 4. The Morgan fingerprint density at radius 2 is 2.03 bits per heavy atom. The normalized spacial score (nSPS) is 14.5. The number of aryl methyl sites for hydroxylation is 2. The zero-order valence-electron chi connectivity index (χ0n) is 19.1. The smallest absolute Gasteiger partial charge is 0.253 e. The predicted octanol–water partition coefficient (Wildman–Crippen LogP) is 2.10. The van der Waals surface area contributed by atoms with Gasteiger partial charge in [0.1, 0.15) is 11.6 Å². The number of aromatic nitrogens is 2. The molecule has 0 bridgehead atoms. The first-order chi connectivity index (χ1) is 15.2. The van der Waals surface area contributed by atoms with Gasteiger partial charge < -0.3 is 31.0 Å². The minimum absolute atomic E-state index is 0.0595. The van der Waals surface area contributed by atoms with Gasteiger partial charge in [-0.25, -0.2) is 4.98 Å². The fraction of sp³-hybridized carbons (Fsp3) is 0.478. The van der Waals surface area contributed by atoms with E-state index in [9.17, 15) is 14.7 Å². The van der Waals surface area contributed by atoms with Gasteiger partial charge in [0.2, 0.25) is 0 Å². The Bertz CT molecular complexity index is 1050. The largest absolute Gasteiger partial charge is 0.393 e. The van der Waals surface area contributed by atoms with Crippen molar-refractivity contribution in [1.29, 1.82) is 5.41 Å². The fourth-order valence-corrected chi connectivity index (χ4v) is 3.88. The summed E-state index contributed by atoms with van der Waals surface area (Å²) in [6, 6.07) is 3.61. The van der Waals surface area contributed by atoms with Gasteiger partial charge in [0, 0.05) is 48.7 Å². The van der Waals surface area contributed by atoms with Gasteiger partial charge in [-0.1, -0.05) is 0 Å². The summed E-state index contributed by atoms with van der Waals surface area (Å²) in [5.74, 6) is 0.712. The molecule has 1 aliphatic rings. The lowest BCUT2D eigenvalue weighted by Gasteiger charge is -2.31. The first-order valence-electron chi connectivity index (χ1n) is 10.9. The van der Waals surface area contributed by atoms with Gasteiger partial charge in [0.05, 0.1) is 11.7 Å². The number of aromatic amines is 1. The molecule has 0 unspecified atom stereocenters. The van der Waals surface area contributed by atoms with Crippen LogP contribution in [0.5, 0.6) is 0 Å². The second-order valence-corrected chi connectivity index (χ2v) is 8.58. The maximum atomic E-state index is 13.2. The number of hydrogen-bond acceptors (Lipinski definition) is 7. The number of carbonyl (C=O) groups excluding carboxylic acids is 1. The average Bonchev–Trinajstić information content (AvgIpc) is 2.72. The molecule has 0 aliphatic carbocycles. The van der Waals surface area contributed by atoms with Crippen LogP contribution in [-0.2, 0) is 6.54 Å². The fourth-order valence-electron chi connectivity index (χ4n) is 3.88. The van der Waals surface area contributed by atoms with Gasteiger partial charge >= 0.3 is 0 Å². The van der Waals surface area contributed by atoms with E-state index in [0.29, 0.717) is 54.3 Å². The summed E-state index contributed by atoms with van der Waals surface area (Å²) in [6.45, 7) is 8.94. The number of aliphatic hydroxyl groups excluding tert-OH is 1. The molecule has 0 saturated carbocycles. The van der Waals surface area contributed by atoms with E-state index in [0.717, 1.165) is 17.5 Å². The van der Waals surface area contributed by atoms with Crippen LogP contribution in [0, 0.1) is 19.3 Å². The summed E-state index contributed by atoms with van der Waals surface area (Å²) < 4.78 is 0. The molecule has 2 aromatic rings. The van der Waals surface area contributed by atoms with Crippen molar-refractivity contribution in [2.45, 2.75) is 59.2 Å². The van der Waals surface area contributed by atoms with Crippen LogP contribution >= 0.6 is 0 Å². The molecule has 32 heavy (non-hydrogen) atoms. The Hall–Kier alpha value is -3.20. The third-order valence-electron chi connectivity index (χ3n) is 5.57. The monoisotopic (exact) mass is 440 g/mol. The molecule has 1 fully saturated rings. The Labute approximate surface area is 187 Å². The van der Waals surface area contributed by atoms with Crippen molar-refractivity contribution in [3.8, 4) is 0 Å². The zero-order valence-corrected chi connectivity index (χ0v) is 19.1. The maximum Gasteiger partial charge on any atom is 0.253 e. The van der Waals surface area contributed by atoms with E-state index in [4.69, 9.17) is 5.41 Å². The molecule has 3 heterocycles. The van der Waals surface area contributed by atoms with Gasteiger partial charge in [-0.15, -0.1) is 0 Å². The van der Waals surface area contributed by atoms with Crippen LogP contribution in [-0.4, -0.2) is 52.4 Å². The van der Waals surface area contributed by atoms with E-state index in [1.54, 1.807) is 6.07 Å². The number of piperidine rings is 1. The van der Waals surface area contributed by atoms with E-state index in [1.165, 1.54) is 0 Å². The first kappa shape index (κ1) is 23.5. The van der Waals surface area contributed by atoms with E-state index in [-0.39, 0.29) is 30.2 Å². The number of hydrogen-bond donors (Lipinski definition) is 5.